The van der Waals surface area contributed by atoms with Gasteiger partial charge in [-0.1, -0.05) is 30.9 Å². The van der Waals surface area contributed by atoms with Crippen LogP contribution >= 0.6 is 22.6 Å². The van der Waals surface area contributed by atoms with Crippen LogP contribution in [0.1, 0.15) is 47.2 Å². The van der Waals surface area contributed by atoms with Gasteiger partial charge in [-0.25, -0.2) is 4.79 Å². The van der Waals surface area contributed by atoms with Gasteiger partial charge in [-0.15, -0.1) is 0 Å². The maximum absolute atomic E-state index is 12.7. The van der Waals surface area contributed by atoms with Gasteiger partial charge in [0.15, 0.2) is 0 Å². The zero-order valence-electron chi connectivity index (χ0n) is 13.3. The summed E-state index contributed by atoms with van der Waals surface area (Å²) >= 11 is 2.26. The maximum atomic E-state index is 12.7. The summed E-state index contributed by atoms with van der Waals surface area (Å²) in [5, 5.41) is 10.0. The standard InChI is InChI=1S/C20H19IO3/c1-2-14-5-10-18(22)17(13-14)19(23)24-20(11-3-4-12-20)15-6-8-16(21)9-7-15/h2,5-10,13,22H,1,3-4,11-12H2. The molecule has 0 amide bonds. The molecule has 3 rings (SSSR count). The summed E-state index contributed by atoms with van der Waals surface area (Å²) in [6.45, 7) is 3.70. The number of phenols is 1. The summed E-state index contributed by atoms with van der Waals surface area (Å²) in [7, 11) is 0. The second-order valence-electron chi connectivity index (χ2n) is 6.08. The highest BCUT2D eigenvalue weighted by Crippen LogP contribution is 2.43. The van der Waals surface area contributed by atoms with Crippen LogP contribution in [-0.4, -0.2) is 11.1 Å². The minimum Gasteiger partial charge on any atom is -0.507 e. The summed E-state index contributed by atoms with van der Waals surface area (Å²) in [6, 6.07) is 12.9. The van der Waals surface area contributed by atoms with Gasteiger partial charge in [0.05, 0.1) is 0 Å². The Morgan fingerprint density at radius 2 is 1.83 bits per heavy atom. The van der Waals surface area contributed by atoms with Crippen LogP contribution in [0.25, 0.3) is 6.08 Å². The molecule has 24 heavy (non-hydrogen) atoms. The van der Waals surface area contributed by atoms with E-state index in [0.29, 0.717) is 0 Å². The number of aromatic hydroxyl groups is 1. The van der Waals surface area contributed by atoms with E-state index in [1.807, 2.05) is 24.3 Å². The van der Waals surface area contributed by atoms with Crippen molar-refractivity contribution in [2.24, 2.45) is 0 Å². The highest BCUT2D eigenvalue weighted by atomic mass is 127. The Morgan fingerprint density at radius 3 is 2.46 bits per heavy atom. The summed E-state index contributed by atoms with van der Waals surface area (Å²) in [4.78, 5) is 12.7. The number of ether oxygens (including phenoxy) is 1. The van der Waals surface area contributed by atoms with E-state index < -0.39 is 11.6 Å². The third-order valence-corrected chi connectivity index (χ3v) is 5.27. The molecule has 0 heterocycles. The van der Waals surface area contributed by atoms with Crippen molar-refractivity contribution in [2.45, 2.75) is 31.3 Å². The molecule has 2 aromatic carbocycles. The van der Waals surface area contributed by atoms with E-state index in [2.05, 4.69) is 29.2 Å². The van der Waals surface area contributed by atoms with Crippen LogP contribution in [-0.2, 0) is 10.3 Å². The van der Waals surface area contributed by atoms with Crippen molar-refractivity contribution in [3.63, 3.8) is 0 Å². The summed E-state index contributed by atoms with van der Waals surface area (Å²) < 4.78 is 7.10. The van der Waals surface area contributed by atoms with E-state index in [0.717, 1.165) is 40.4 Å². The lowest BCUT2D eigenvalue weighted by Gasteiger charge is -2.30. The van der Waals surface area contributed by atoms with E-state index in [9.17, 15) is 9.90 Å². The Labute approximate surface area is 155 Å². The van der Waals surface area contributed by atoms with Crippen molar-refractivity contribution in [3.05, 3.63) is 69.3 Å². The fraction of sp³-hybridized carbons (Fsp3) is 0.250. The Kier molecular flexibility index (Phi) is 4.94. The van der Waals surface area contributed by atoms with Gasteiger partial charge in [-0.05, 0) is 83.7 Å². The molecule has 3 nitrogen and oxygen atoms in total. The number of esters is 1. The number of carbonyl (C=O) groups excluding carboxylic acids is 1. The first kappa shape index (κ1) is 17.0. The van der Waals surface area contributed by atoms with Crippen molar-refractivity contribution < 1.29 is 14.6 Å². The van der Waals surface area contributed by atoms with E-state index in [1.54, 1.807) is 18.2 Å². The van der Waals surface area contributed by atoms with E-state index in [-0.39, 0.29) is 11.3 Å². The van der Waals surface area contributed by atoms with Gasteiger partial charge in [0.1, 0.15) is 16.9 Å². The van der Waals surface area contributed by atoms with E-state index in [1.165, 1.54) is 6.07 Å². The largest absolute Gasteiger partial charge is 0.507 e. The van der Waals surface area contributed by atoms with E-state index in [4.69, 9.17) is 4.74 Å². The first-order valence-corrected chi connectivity index (χ1v) is 9.07. The molecule has 0 aliphatic heterocycles. The van der Waals surface area contributed by atoms with Crippen LogP contribution in [0.3, 0.4) is 0 Å². The average molecular weight is 434 g/mol. The van der Waals surface area contributed by atoms with Gasteiger partial charge in [0.2, 0.25) is 0 Å². The number of rotatable bonds is 4. The maximum Gasteiger partial charge on any atom is 0.342 e. The molecule has 0 unspecified atom stereocenters. The van der Waals surface area contributed by atoms with Crippen molar-refractivity contribution in [2.75, 3.05) is 0 Å². The summed E-state index contributed by atoms with van der Waals surface area (Å²) in [5.41, 5.74) is 1.38. The molecular formula is C20H19IO3. The molecule has 0 bridgehead atoms. The molecule has 1 saturated carbocycles. The molecule has 0 aromatic heterocycles. The van der Waals surface area contributed by atoms with Gasteiger partial charge in [0, 0.05) is 3.57 Å². The van der Waals surface area contributed by atoms with Crippen LogP contribution in [0.5, 0.6) is 5.75 Å². The lowest BCUT2D eigenvalue weighted by Crippen LogP contribution is -2.29. The monoisotopic (exact) mass is 434 g/mol. The van der Waals surface area contributed by atoms with Crippen LogP contribution < -0.4 is 0 Å². The highest BCUT2D eigenvalue weighted by molar-refractivity contribution is 14.1. The average Bonchev–Trinajstić information content (AvgIpc) is 3.05. The minimum atomic E-state index is -0.599. The van der Waals surface area contributed by atoms with Gasteiger partial charge in [-0.3, -0.25) is 0 Å². The highest BCUT2D eigenvalue weighted by Gasteiger charge is 2.40. The third-order valence-electron chi connectivity index (χ3n) is 4.55. The van der Waals surface area contributed by atoms with Gasteiger partial charge in [-0.2, -0.15) is 0 Å². The van der Waals surface area contributed by atoms with Crippen molar-refractivity contribution in [1.82, 2.24) is 0 Å². The first-order valence-electron chi connectivity index (χ1n) is 7.99. The van der Waals surface area contributed by atoms with Crippen LogP contribution in [0, 0.1) is 3.57 Å². The molecule has 0 radical (unpaired) electrons. The number of benzene rings is 2. The molecule has 0 saturated heterocycles. The molecule has 4 heteroatoms. The molecule has 0 spiro atoms. The minimum absolute atomic E-state index is 0.0682. The predicted molar refractivity (Wildman–Crippen MR) is 103 cm³/mol. The second-order valence-corrected chi connectivity index (χ2v) is 7.32. The summed E-state index contributed by atoms with van der Waals surface area (Å²) in [5.74, 6) is -0.557. The molecule has 124 valence electrons. The zero-order chi connectivity index (χ0) is 17.2. The SMILES string of the molecule is C=Cc1ccc(O)c(C(=O)OC2(c3ccc(I)cc3)CCCC2)c1. The van der Waals surface area contributed by atoms with Crippen molar-refractivity contribution >= 4 is 34.6 Å². The molecule has 2 aromatic rings. The molecular weight excluding hydrogens is 415 g/mol. The topological polar surface area (TPSA) is 46.5 Å². The number of carbonyl (C=O) groups is 1. The molecule has 1 N–H and O–H groups in total. The zero-order valence-corrected chi connectivity index (χ0v) is 15.5. The number of halogens is 1. The fourth-order valence-corrected chi connectivity index (χ4v) is 3.59. The van der Waals surface area contributed by atoms with Gasteiger partial charge >= 0.3 is 5.97 Å². The Morgan fingerprint density at radius 1 is 1.17 bits per heavy atom. The lowest BCUT2D eigenvalue weighted by atomic mass is 9.92. The Balaban J connectivity index is 1.93. The first-order chi connectivity index (χ1) is 11.5. The molecule has 1 aliphatic rings. The smallest absolute Gasteiger partial charge is 0.342 e. The van der Waals surface area contributed by atoms with Crippen LogP contribution in [0.4, 0.5) is 0 Å². The van der Waals surface area contributed by atoms with Crippen molar-refractivity contribution in [3.8, 4) is 5.75 Å². The van der Waals surface area contributed by atoms with E-state index >= 15 is 0 Å². The number of phenolic OH excluding ortho intramolecular Hbond substituents is 1. The lowest BCUT2D eigenvalue weighted by molar-refractivity contribution is -0.0186. The van der Waals surface area contributed by atoms with Gasteiger partial charge < -0.3 is 9.84 Å². The quantitative estimate of drug-likeness (QED) is 0.527. The second kappa shape index (κ2) is 6.97. The van der Waals surface area contributed by atoms with Gasteiger partial charge in [0.25, 0.3) is 0 Å². The molecule has 1 aliphatic carbocycles. The fourth-order valence-electron chi connectivity index (χ4n) is 3.23. The number of hydrogen-bond donors (Lipinski definition) is 1. The third kappa shape index (κ3) is 3.34. The molecule has 1 fully saturated rings. The summed E-state index contributed by atoms with van der Waals surface area (Å²) in [6.07, 6.45) is 5.30. The van der Waals surface area contributed by atoms with Crippen LogP contribution in [0.2, 0.25) is 0 Å². The van der Waals surface area contributed by atoms with Crippen molar-refractivity contribution in [1.29, 1.82) is 0 Å². The Bertz CT molecular complexity index is 759. The van der Waals surface area contributed by atoms with Crippen LogP contribution in [0.15, 0.2) is 49.0 Å². The normalized spacial score (nSPS) is 15.9. The molecule has 0 atom stereocenters. The Hall–Kier alpha value is -1.82. The predicted octanol–water partition coefficient (Wildman–Crippen LogP) is 5.27. The number of hydrogen-bond acceptors (Lipinski definition) is 3.